The molecule has 78 valence electrons. The Kier molecular flexibility index (Phi) is 4.48. The number of nitrogens with one attached hydrogen (secondary N) is 2. The van der Waals surface area contributed by atoms with E-state index in [-0.39, 0.29) is 17.9 Å². The number of carbonyl (C=O) groups excluding carboxylic acids is 1. The van der Waals surface area contributed by atoms with Gasteiger partial charge < -0.3 is 10.6 Å². The van der Waals surface area contributed by atoms with Gasteiger partial charge in [-0.1, -0.05) is 19.3 Å². The molecule has 1 rings (SSSR count). The van der Waals surface area contributed by atoms with Crippen LogP contribution in [0, 0.1) is 18.3 Å². The summed E-state index contributed by atoms with van der Waals surface area (Å²) in [6, 6.07) is -0.0897. The molecule has 2 unspecified atom stereocenters. The SMILES string of the molecule is C#CC(CCC)NC(=O)C1CCNC1. The van der Waals surface area contributed by atoms with Crippen molar-refractivity contribution in [3.05, 3.63) is 0 Å². The van der Waals surface area contributed by atoms with Gasteiger partial charge in [0.15, 0.2) is 0 Å². The van der Waals surface area contributed by atoms with E-state index in [1.807, 2.05) is 0 Å². The Hall–Kier alpha value is -1.01. The number of carbonyl (C=O) groups is 1. The summed E-state index contributed by atoms with van der Waals surface area (Å²) in [4.78, 5) is 11.6. The number of rotatable bonds is 4. The molecule has 0 aromatic rings. The summed E-state index contributed by atoms with van der Waals surface area (Å²) in [6.07, 6.45) is 8.11. The highest BCUT2D eigenvalue weighted by Gasteiger charge is 2.23. The maximum atomic E-state index is 11.6. The minimum atomic E-state index is -0.0897. The summed E-state index contributed by atoms with van der Waals surface area (Å²) in [5, 5.41) is 6.06. The van der Waals surface area contributed by atoms with Gasteiger partial charge in [0, 0.05) is 6.54 Å². The molecule has 0 radical (unpaired) electrons. The van der Waals surface area contributed by atoms with Crippen molar-refractivity contribution in [1.29, 1.82) is 0 Å². The number of terminal acetylenes is 1. The zero-order chi connectivity index (χ0) is 10.4. The van der Waals surface area contributed by atoms with Gasteiger partial charge in [0.05, 0.1) is 12.0 Å². The number of hydrogen-bond donors (Lipinski definition) is 2. The van der Waals surface area contributed by atoms with Gasteiger partial charge in [0.2, 0.25) is 5.91 Å². The van der Waals surface area contributed by atoms with Gasteiger partial charge in [-0.25, -0.2) is 0 Å². The zero-order valence-corrected chi connectivity index (χ0v) is 8.68. The van der Waals surface area contributed by atoms with E-state index in [1.54, 1.807) is 0 Å². The third kappa shape index (κ3) is 3.04. The monoisotopic (exact) mass is 194 g/mol. The van der Waals surface area contributed by atoms with Gasteiger partial charge in [-0.15, -0.1) is 6.42 Å². The quantitative estimate of drug-likeness (QED) is 0.640. The molecule has 1 fully saturated rings. The molecule has 0 saturated carbocycles. The topological polar surface area (TPSA) is 41.1 Å². The average molecular weight is 194 g/mol. The van der Waals surface area contributed by atoms with E-state index in [0.717, 1.165) is 32.4 Å². The fourth-order valence-corrected chi connectivity index (χ4v) is 1.65. The van der Waals surface area contributed by atoms with Crippen LogP contribution in [0.3, 0.4) is 0 Å². The Morgan fingerprint density at radius 1 is 1.79 bits per heavy atom. The van der Waals surface area contributed by atoms with Gasteiger partial charge >= 0.3 is 0 Å². The molecule has 1 aliphatic rings. The fourth-order valence-electron chi connectivity index (χ4n) is 1.65. The van der Waals surface area contributed by atoms with E-state index in [2.05, 4.69) is 23.5 Å². The lowest BCUT2D eigenvalue weighted by atomic mass is 10.1. The lowest BCUT2D eigenvalue weighted by molar-refractivity contribution is -0.124. The first kappa shape index (κ1) is 11.1. The van der Waals surface area contributed by atoms with E-state index < -0.39 is 0 Å². The van der Waals surface area contributed by atoms with Crippen LogP contribution in [0.4, 0.5) is 0 Å². The predicted molar refractivity (Wildman–Crippen MR) is 56.6 cm³/mol. The molecule has 3 heteroatoms. The van der Waals surface area contributed by atoms with Crippen LogP contribution in [-0.4, -0.2) is 25.0 Å². The molecular weight excluding hydrogens is 176 g/mol. The Labute approximate surface area is 85.6 Å². The van der Waals surface area contributed by atoms with Crippen molar-refractivity contribution in [2.45, 2.75) is 32.2 Å². The second kappa shape index (κ2) is 5.66. The molecule has 0 aromatic carbocycles. The minimum absolute atomic E-state index is 0.0897. The maximum Gasteiger partial charge on any atom is 0.225 e. The van der Waals surface area contributed by atoms with E-state index in [9.17, 15) is 4.79 Å². The summed E-state index contributed by atoms with van der Waals surface area (Å²) in [6.45, 7) is 3.79. The van der Waals surface area contributed by atoms with Gasteiger partial charge in [-0.3, -0.25) is 4.79 Å². The molecule has 1 aliphatic heterocycles. The lowest BCUT2D eigenvalue weighted by Gasteiger charge is -2.14. The predicted octanol–water partition coefficient (Wildman–Crippen LogP) is 0.514. The molecule has 2 N–H and O–H groups in total. The van der Waals surface area contributed by atoms with Crippen LogP contribution >= 0.6 is 0 Å². The third-order valence-corrected chi connectivity index (χ3v) is 2.53. The summed E-state index contributed by atoms with van der Waals surface area (Å²) >= 11 is 0. The molecule has 1 amide bonds. The second-order valence-electron chi connectivity index (χ2n) is 3.71. The van der Waals surface area contributed by atoms with Crippen molar-refractivity contribution < 1.29 is 4.79 Å². The molecular formula is C11H18N2O. The maximum absolute atomic E-state index is 11.6. The van der Waals surface area contributed by atoms with E-state index >= 15 is 0 Å². The molecule has 0 spiro atoms. The van der Waals surface area contributed by atoms with Gasteiger partial charge in [0.1, 0.15) is 0 Å². The van der Waals surface area contributed by atoms with Crippen molar-refractivity contribution >= 4 is 5.91 Å². The van der Waals surface area contributed by atoms with Crippen LogP contribution < -0.4 is 10.6 Å². The average Bonchev–Trinajstić information content (AvgIpc) is 2.69. The molecule has 0 aliphatic carbocycles. The Balaban J connectivity index is 2.34. The highest BCUT2D eigenvalue weighted by Crippen LogP contribution is 2.08. The van der Waals surface area contributed by atoms with Crippen LogP contribution in [0.1, 0.15) is 26.2 Å². The van der Waals surface area contributed by atoms with Crippen molar-refractivity contribution in [3.63, 3.8) is 0 Å². The molecule has 1 heterocycles. The first-order chi connectivity index (χ1) is 6.77. The smallest absolute Gasteiger partial charge is 0.225 e. The van der Waals surface area contributed by atoms with Crippen LogP contribution in [0.25, 0.3) is 0 Å². The molecule has 3 nitrogen and oxygen atoms in total. The van der Waals surface area contributed by atoms with Gasteiger partial charge in [-0.05, 0) is 19.4 Å². The van der Waals surface area contributed by atoms with E-state index in [4.69, 9.17) is 6.42 Å². The summed E-state index contributed by atoms with van der Waals surface area (Å²) < 4.78 is 0. The van der Waals surface area contributed by atoms with E-state index in [1.165, 1.54) is 0 Å². The van der Waals surface area contributed by atoms with Crippen LogP contribution in [0.15, 0.2) is 0 Å². The molecule has 2 atom stereocenters. The highest BCUT2D eigenvalue weighted by molar-refractivity contribution is 5.79. The number of amides is 1. The van der Waals surface area contributed by atoms with Crippen molar-refractivity contribution in [2.75, 3.05) is 13.1 Å². The fraction of sp³-hybridized carbons (Fsp3) is 0.727. The first-order valence-electron chi connectivity index (χ1n) is 5.25. The molecule has 1 saturated heterocycles. The van der Waals surface area contributed by atoms with E-state index in [0.29, 0.717) is 0 Å². The molecule has 0 aromatic heterocycles. The minimum Gasteiger partial charge on any atom is -0.342 e. The largest absolute Gasteiger partial charge is 0.342 e. The molecule has 0 bridgehead atoms. The Morgan fingerprint density at radius 3 is 3.07 bits per heavy atom. The zero-order valence-electron chi connectivity index (χ0n) is 8.68. The summed E-state index contributed by atoms with van der Waals surface area (Å²) in [7, 11) is 0. The normalized spacial score (nSPS) is 22.7. The van der Waals surface area contributed by atoms with Gasteiger partial charge in [-0.2, -0.15) is 0 Å². The highest BCUT2D eigenvalue weighted by atomic mass is 16.2. The standard InChI is InChI=1S/C11H18N2O/c1-3-5-10(4-2)13-11(14)9-6-7-12-8-9/h2,9-10,12H,3,5-8H2,1H3,(H,13,14). The third-order valence-electron chi connectivity index (χ3n) is 2.53. The van der Waals surface area contributed by atoms with Crippen LogP contribution in [0.2, 0.25) is 0 Å². The van der Waals surface area contributed by atoms with Gasteiger partial charge in [0.25, 0.3) is 0 Å². The summed E-state index contributed by atoms with van der Waals surface area (Å²) in [5.41, 5.74) is 0. The number of hydrogen-bond acceptors (Lipinski definition) is 2. The summed E-state index contributed by atoms with van der Waals surface area (Å²) in [5.74, 6) is 2.82. The van der Waals surface area contributed by atoms with Crippen LogP contribution in [0.5, 0.6) is 0 Å². The van der Waals surface area contributed by atoms with Crippen LogP contribution in [-0.2, 0) is 4.79 Å². The van der Waals surface area contributed by atoms with Crippen molar-refractivity contribution in [2.24, 2.45) is 5.92 Å². The van der Waals surface area contributed by atoms with Crippen molar-refractivity contribution in [3.8, 4) is 12.3 Å². The Bertz CT molecular complexity index is 226. The first-order valence-corrected chi connectivity index (χ1v) is 5.25. The molecule has 14 heavy (non-hydrogen) atoms. The van der Waals surface area contributed by atoms with Crippen molar-refractivity contribution in [1.82, 2.24) is 10.6 Å². The second-order valence-corrected chi connectivity index (χ2v) is 3.71. The lowest BCUT2D eigenvalue weighted by Crippen LogP contribution is -2.38. The Morgan fingerprint density at radius 2 is 2.57 bits per heavy atom.